The summed E-state index contributed by atoms with van der Waals surface area (Å²) in [4.78, 5) is 0. The third-order valence-corrected chi connectivity index (χ3v) is 9.64. The molecular formula is C26H42O3S. The molecule has 3 unspecified atom stereocenters. The van der Waals surface area contributed by atoms with Gasteiger partial charge in [-0.05, 0) is 76.0 Å². The van der Waals surface area contributed by atoms with E-state index in [4.69, 9.17) is 0 Å². The second-order valence-electron chi connectivity index (χ2n) is 10.0. The molecule has 0 aromatic heterocycles. The van der Waals surface area contributed by atoms with Crippen molar-refractivity contribution in [2.45, 2.75) is 109 Å². The molecule has 3 rings (SSSR count). The van der Waals surface area contributed by atoms with Crippen molar-refractivity contribution in [1.82, 2.24) is 0 Å². The van der Waals surface area contributed by atoms with Crippen molar-refractivity contribution in [3.05, 3.63) is 34.9 Å². The predicted molar refractivity (Wildman–Crippen MR) is 128 cm³/mol. The molecule has 0 aliphatic heterocycles. The summed E-state index contributed by atoms with van der Waals surface area (Å²) in [6.07, 6.45) is 14.4. The summed E-state index contributed by atoms with van der Waals surface area (Å²) < 4.78 is 0. The van der Waals surface area contributed by atoms with Gasteiger partial charge in [0.2, 0.25) is 0 Å². The molecule has 0 spiro atoms. The fourth-order valence-corrected chi connectivity index (χ4v) is 7.23. The van der Waals surface area contributed by atoms with Gasteiger partial charge in [0.15, 0.2) is 0 Å². The lowest BCUT2D eigenvalue weighted by atomic mass is 9.64. The summed E-state index contributed by atoms with van der Waals surface area (Å²) >= 11 is 1.92. The summed E-state index contributed by atoms with van der Waals surface area (Å²) in [6, 6.07) is 0. The third-order valence-electron chi connectivity index (χ3n) is 8.18. The van der Waals surface area contributed by atoms with Gasteiger partial charge in [-0.2, -0.15) is 11.8 Å². The Morgan fingerprint density at radius 3 is 2.60 bits per heavy atom. The fraction of sp³-hybridized carbons (Fsp3) is 0.769. The van der Waals surface area contributed by atoms with E-state index >= 15 is 0 Å². The van der Waals surface area contributed by atoms with Gasteiger partial charge in [0.1, 0.15) is 0 Å². The SMILES string of the molecule is CCC(O)(CC)CSC(C)C1=CCC2/C(=C/C=C3/CC[C@H](O)[C@H](O)C3)CCCC12C. The monoisotopic (exact) mass is 434 g/mol. The van der Waals surface area contributed by atoms with Gasteiger partial charge in [-0.15, -0.1) is 0 Å². The van der Waals surface area contributed by atoms with Crippen LogP contribution in [0.15, 0.2) is 34.9 Å². The Labute approximate surface area is 187 Å². The van der Waals surface area contributed by atoms with Crippen LogP contribution in [0.1, 0.15) is 85.5 Å². The highest BCUT2D eigenvalue weighted by Gasteiger charge is 2.46. The molecule has 0 heterocycles. The number of aliphatic hydroxyl groups excluding tert-OH is 2. The lowest BCUT2D eigenvalue weighted by Crippen LogP contribution is -2.35. The minimum atomic E-state index is -0.609. The van der Waals surface area contributed by atoms with E-state index in [2.05, 4.69) is 45.9 Å². The number of allylic oxidation sites excluding steroid dienone is 4. The van der Waals surface area contributed by atoms with Gasteiger partial charge in [0.05, 0.1) is 17.8 Å². The van der Waals surface area contributed by atoms with Crippen LogP contribution >= 0.6 is 11.8 Å². The number of hydrogen-bond donors (Lipinski definition) is 3. The molecule has 30 heavy (non-hydrogen) atoms. The first-order chi connectivity index (χ1) is 14.2. The Hall–Kier alpha value is -0.550. The van der Waals surface area contributed by atoms with Crippen LogP contribution in [0.3, 0.4) is 0 Å². The molecule has 4 heteroatoms. The normalized spacial score (nSPS) is 36.1. The first kappa shape index (κ1) is 24.1. The zero-order valence-electron chi connectivity index (χ0n) is 19.4. The average molecular weight is 435 g/mol. The minimum absolute atomic E-state index is 0.230. The number of rotatable bonds is 7. The van der Waals surface area contributed by atoms with Crippen molar-refractivity contribution in [3.63, 3.8) is 0 Å². The summed E-state index contributed by atoms with van der Waals surface area (Å²) in [7, 11) is 0. The Morgan fingerprint density at radius 2 is 1.93 bits per heavy atom. The largest absolute Gasteiger partial charge is 0.390 e. The Morgan fingerprint density at radius 1 is 1.20 bits per heavy atom. The zero-order chi connectivity index (χ0) is 21.9. The highest BCUT2D eigenvalue weighted by molar-refractivity contribution is 8.00. The van der Waals surface area contributed by atoms with Crippen LogP contribution in [0.2, 0.25) is 0 Å². The van der Waals surface area contributed by atoms with Gasteiger partial charge in [0, 0.05) is 11.0 Å². The van der Waals surface area contributed by atoms with Crippen LogP contribution in [-0.4, -0.2) is 44.1 Å². The minimum Gasteiger partial charge on any atom is -0.390 e. The number of hydrogen-bond acceptors (Lipinski definition) is 4. The van der Waals surface area contributed by atoms with Crippen LogP contribution in [0.5, 0.6) is 0 Å². The number of aliphatic hydroxyl groups is 3. The van der Waals surface area contributed by atoms with Crippen molar-refractivity contribution in [1.29, 1.82) is 0 Å². The van der Waals surface area contributed by atoms with Crippen LogP contribution in [0, 0.1) is 11.3 Å². The van der Waals surface area contributed by atoms with Crippen molar-refractivity contribution < 1.29 is 15.3 Å². The molecule has 3 aliphatic carbocycles. The molecule has 0 aromatic carbocycles. The molecule has 3 nitrogen and oxygen atoms in total. The van der Waals surface area contributed by atoms with Gasteiger partial charge in [-0.25, -0.2) is 0 Å². The molecule has 0 amide bonds. The van der Waals surface area contributed by atoms with Gasteiger partial charge in [0.25, 0.3) is 0 Å². The van der Waals surface area contributed by atoms with Gasteiger partial charge in [-0.1, -0.05) is 55.7 Å². The summed E-state index contributed by atoms with van der Waals surface area (Å²) in [5, 5.41) is 30.9. The quantitative estimate of drug-likeness (QED) is 0.460. The van der Waals surface area contributed by atoms with E-state index in [-0.39, 0.29) is 5.41 Å². The highest BCUT2D eigenvalue weighted by atomic mass is 32.2. The number of fused-ring (bicyclic) bond motifs is 1. The summed E-state index contributed by atoms with van der Waals surface area (Å²) in [5.41, 5.74) is 4.09. The maximum absolute atomic E-state index is 10.7. The molecular weight excluding hydrogens is 392 g/mol. The lowest BCUT2D eigenvalue weighted by molar-refractivity contribution is 0.00411. The molecule has 3 aliphatic rings. The molecule has 0 aromatic rings. The molecule has 0 bridgehead atoms. The fourth-order valence-electron chi connectivity index (χ4n) is 5.71. The smallest absolute Gasteiger partial charge is 0.0836 e. The maximum atomic E-state index is 10.7. The summed E-state index contributed by atoms with van der Waals surface area (Å²) in [6.45, 7) is 8.95. The van der Waals surface area contributed by atoms with E-state index in [0.29, 0.717) is 24.0 Å². The molecule has 5 atom stereocenters. The Kier molecular flexibility index (Phi) is 7.98. The van der Waals surface area contributed by atoms with E-state index in [1.807, 2.05) is 11.8 Å². The lowest BCUT2D eigenvalue weighted by Gasteiger charge is -2.42. The first-order valence-electron chi connectivity index (χ1n) is 12.0. The van der Waals surface area contributed by atoms with E-state index in [0.717, 1.165) is 31.4 Å². The number of thioether (sulfide) groups is 1. The first-order valence-corrected chi connectivity index (χ1v) is 13.1. The third kappa shape index (κ3) is 5.09. The van der Waals surface area contributed by atoms with Gasteiger partial charge < -0.3 is 15.3 Å². The molecule has 0 radical (unpaired) electrons. The summed E-state index contributed by atoms with van der Waals surface area (Å²) in [5.74, 6) is 1.39. The Bertz CT molecular complexity index is 690. The van der Waals surface area contributed by atoms with Gasteiger partial charge >= 0.3 is 0 Å². The van der Waals surface area contributed by atoms with Crippen LogP contribution < -0.4 is 0 Å². The van der Waals surface area contributed by atoms with Crippen LogP contribution in [-0.2, 0) is 0 Å². The molecule has 3 N–H and O–H groups in total. The molecule has 0 saturated heterocycles. The van der Waals surface area contributed by atoms with E-state index in [1.165, 1.54) is 24.8 Å². The average Bonchev–Trinajstić information content (AvgIpc) is 3.10. The molecule has 2 saturated carbocycles. The van der Waals surface area contributed by atoms with Crippen molar-refractivity contribution in [2.75, 3.05) is 5.75 Å². The zero-order valence-corrected chi connectivity index (χ0v) is 20.2. The second-order valence-corrected chi connectivity index (χ2v) is 11.4. The van der Waals surface area contributed by atoms with Crippen LogP contribution in [0.25, 0.3) is 0 Å². The van der Waals surface area contributed by atoms with Gasteiger partial charge in [-0.3, -0.25) is 0 Å². The second kappa shape index (κ2) is 9.94. The topological polar surface area (TPSA) is 60.7 Å². The predicted octanol–water partition coefficient (Wildman–Crippen LogP) is 5.55. The van der Waals surface area contributed by atoms with Crippen LogP contribution in [0.4, 0.5) is 0 Å². The van der Waals surface area contributed by atoms with E-state index < -0.39 is 17.8 Å². The van der Waals surface area contributed by atoms with Crippen molar-refractivity contribution in [2.24, 2.45) is 11.3 Å². The van der Waals surface area contributed by atoms with E-state index in [1.54, 1.807) is 11.1 Å². The van der Waals surface area contributed by atoms with E-state index in [9.17, 15) is 15.3 Å². The molecule has 2 fully saturated rings. The maximum Gasteiger partial charge on any atom is 0.0836 e. The Balaban J connectivity index is 1.68. The molecule has 170 valence electrons. The van der Waals surface area contributed by atoms with Crippen molar-refractivity contribution in [3.8, 4) is 0 Å². The van der Waals surface area contributed by atoms with Crippen molar-refractivity contribution >= 4 is 11.8 Å². The standard InChI is InChI=1S/C26H42O3S/c1-5-26(29,6-2)17-30-18(3)21-12-13-22-20(8-7-15-25(21,22)4)11-9-19-10-14-23(27)24(28)16-19/h9,11-12,18,22-24,27-29H,5-8,10,13-17H2,1-4H3/b19-9-,20-11+/t18?,22?,23-,24+,25?/m0/s1. The highest BCUT2D eigenvalue weighted by Crippen LogP contribution is 2.56.